The second-order valence-corrected chi connectivity index (χ2v) is 4.94. The highest BCUT2D eigenvalue weighted by atomic mass is 16.4. The van der Waals surface area contributed by atoms with Crippen LogP contribution in [0.25, 0.3) is 0 Å². The summed E-state index contributed by atoms with van der Waals surface area (Å²) in [5.74, 6) is -0.898. The van der Waals surface area contributed by atoms with Crippen molar-refractivity contribution < 1.29 is 19.5 Å². The fourth-order valence-electron chi connectivity index (χ4n) is 1.93. The Morgan fingerprint density at radius 3 is 2.44 bits per heavy atom. The van der Waals surface area contributed by atoms with Crippen molar-refractivity contribution in [2.45, 2.75) is 26.7 Å². The number of aliphatic carboxylic acids is 1. The van der Waals surface area contributed by atoms with Crippen molar-refractivity contribution >= 4 is 17.8 Å². The predicted molar refractivity (Wildman–Crippen MR) is 64.9 cm³/mol. The first-order valence-electron chi connectivity index (χ1n) is 6.17. The molecule has 6 heteroatoms. The van der Waals surface area contributed by atoms with E-state index in [0.29, 0.717) is 25.6 Å². The van der Waals surface area contributed by atoms with Gasteiger partial charge in [0.15, 0.2) is 0 Å². The Hall–Kier alpha value is -1.59. The topological polar surface area (TPSA) is 77.9 Å². The first-order valence-corrected chi connectivity index (χ1v) is 6.17. The monoisotopic (exact) mass is 256 g/mol. The zero-order valence-electron chi connectivity index (χ0n) is 10.9. The average Bonchev–Trinajstić information content (AvgIpc) is 2.28. The number of carboxylic acids is 1. The van der Waals surface area contributed by atoms with E-state index >= 15 is 0 Å². The Morgan fingerprint density at radius 1 is 1.28 bits per heavy atom. The molecule has 0 unspecified atom stereocenters. The molecule has 0 bridgehead atoms. The van der Waals surface area contributed by atoms with Crippen LogP contribution in [0, 0.1) is 5.92 Å². The third-order valence-corrected chi connectivity index (χ3v) is 2.81. The number of nitrogens with zero attached hydrogens (tertiary/aromatic N) is 2. The van der Waals surface area contributed by atoms with Crippen molar-refractivity contribution in [3.63, 3.8) is 0 Å². The van der Waals surface area contributed by atoms with Gasteiger partial charge < -0.3 is 14.9 Å². The molecule has 0 aromatic rings. The van der Waals surface area contributed by atoms with E-state index in [1.165, 1.54) is 4.90 Å². The summed E-state index contributed by atoms with van der Waals surface area (Å²) in [5, 5.41) is 8.51. The third-order valence-electron chi connectivity index (χ3n) is 2.81. The maximum absolute atomic E-state index is 11.8. The van der Waals surface area contributed by atoms with Crippen LogP contribution in [0.4, 0.5) is 0 Å². The minimum atomic E-state index is -0.992. The first kappa shape index (κ1) is 14.5. The molecule has 1 heterocycles. The number of carbonyl (C=O) groups is 3. The molecule has 0 aliphatic carbocycles. The van der Waals surface area contributed by atoms with Crippen molar-refractivity contribution in [2.24, 2.45) is 5.92 Å². The van der Waals surface area contributed by atoms with Crippen molar-refractivity contribution in [2.75, 3.05) is 26.2 Å². The molecule has 1 rings (SSSR count). The predicted octanol–water partition coefficient (Wildman–Crippen LogP) is 0.178. The van der Waals surface area contributed by atoms with Gasteiger partial charge in [-0.05, 0) is 5.92 Å². The molecule has 1 fully saturated rings. The quantitative estimate of drug-likeness (QED) is 0.761. The van der Waals surface area contributed by atoms with Crippen molar-refractivity contribution in [3.05, 3.63) is 0 Å². The maximum atomic E-state index is 11.8. The Bertz CT molecular complexity index is 341. The highest BCUT2D eigenvalue weighted by Gasteiger charge is 2.27. The third kappa shape index (κ3) is 4.35. The van der Waals surface area contributed by atoms with Gasteiger partial charge in [-0.2, -0.15) is 0 Å². The van der Waals surface area contributed by atoms with E-state index in [2.05, 4.69) is 0 Å². The number of hydrogen-bond donors (Lipinski definition) is 1. The van der Waals surface area contributed by atoms with Gasteiger partial charge in [-0.1, -0.05) is 13.8 Å². The molecule has 1 aliphatic heterocycles. The maximum Gasteiger partial charge on any atom is 0.303 e. The molecule has 1 aliphatic rings. The molecule has 2 amide bonds. The summed E-state index contributed by atoms with van der Waals surface area (Å²) in [4.78, 5) is 37.0. The number of hydrogen-bond acceptors (Lipinski definition) is 3. The number of carbonyl (C=O) groups excluding carboxylic acids is 2. The van der Waals surface area contributed by atoms with E-state index in [4.69, 9.17) is 5.11 Å². The lowest BCUT2D eigenvalue weighted by Gasteiger charge is -2.35. The van der Waals surface area contributed by atoms with Crippen LogP contribution in [0.3, 0.4) is 0 Å². The molecule has 1 saturated heterocycles. The van der Waals surface area contributed by atoms with E-state index in [1.807, 2.05) is 13.8 Å². The summed E-state index contributed by atoms with van der Waals surface area (Å²) in [5.41, 5.74) is 0. The lowest BCUT2D eigenvalue weighted by Crippen LogP contribution is -2.53. The summed E-state index contributed by atoms with van der Waals surface area (Å²) >= 11 is 0. The largest absolute Gasteiger partial charge is 0.481 e. The molecule has 0 radical (unpaired) electrons. The van der Waals surface area contributed by atoms with Crippen LogP contribution in [-0.2, 0) is 14.4 Å². The van der Waals surface area contributed by atoms with Gasteiger partial charge in [0.25, 0.3) is 0 Å². The Kier molecular flexibility index (Phi) is 5.12. The Morgan fingerprint density at radius 2 is 1.94 bits per heavy atom. The number of amides is 2. The van der Waals surface area contributed by atoms with Crippen LogP contribution < -0.4 is 0 Å². The summed E-state index contributed by atoms with van der Waals surface area (Å²) in [6, 6.07) is 0. The average molecular weight is 256 g/mol. The summed E-state index contributed by atoms with van der Waals surface area (Å²) in [7, 11) is 0. The van der Waals surface area contributed by atoms with E-state index in [0.717, 1.165) is 0 Å². The van der Waals surface area contributed by atoms with Crippen LogP contribution in [-0.4, -0.2) is 58.9 Å². The zero-order chi connectivity index (χ0) is 13.7. The molecule has 1 N–H and O–H groups in total. The lowest BCUT2D eigenvalue weighted by molar-refractivity contribution is -0.147. The van der Waals surface area contributed by atoms with Crippen LogP contribution in [0.2, 0.25) is 0 Å². The van der Waals surface area contributed by atoms with E-state index in [1.54, 1.807) is 4.90 Å². The van der Waals surface area contributed by atoms with Gasteiger partial charge in [0.1, 0.15) is 0 Å². The summed E-state index contributed by atoms with van der Waals surface area (Å²) in [6.45, 7) is 5.89. The summed E-state index contributed by atoms with van der Waals surface area (Å²) < 4.78 is 0. The number of rotatable bonds is 5. The fourth-order valence-corrected chi connectivity index (χ4v) is 1.93. The second-order valence-electron chi connectivity index (χ2n) is 4.94. The molecule has 0 aromatic carbocycles. The lowest BCUT2D eigenvalue weighted by atomic mass is 10.1. The number of carboxylic acid groups (broad SMARTS) is 1. The van der Waals surface area contributed by atoms with E-state index in [-0.39, 0.29) is 31.2 Å². The van der Waals surface area contributed by atoms with Crippen LogP contribution in [0.5, 0.6) is 0 Å². The molecule has 0 aromatic heterocycles. The second kappa shape index (κ2) is 6.37. The van der Waals surface area contributed by atoms with Crippen molar-refractivity contribution in [1.82, 2.24) is 9.80 Å². The van der Waals surface area contributed by atoms with E-state index in [9.17, 15) is 14.4 Å². The first-order chi connectivity index (χ1) is 8.40. The molecule has 6 nitrogen and oxygen atoms in total. The Labute approximate surface area is 107 Å². The van der Waals surface area contributed by atoms with Gasteiger partial charge in [0, 0.05) is 26.1 Å². The minimum absolute atomic E-state index is 0.0349. The standard InChI is InChI=1S/C12H20N2O4/c1-9(2)7-13-5-6-14(8-11(13)16)10(15)3-4-12(17)18/h9H,3-8H2,1-2H3,(H,17,18). The van der Waals surface area contributed by atoms with Gasteiger partial charge in [0.05, 0.1) is 13.0 Å². The molecule has 102 valence electrons. The van der Waals surface area contributed by atoms with E-state index < -0.39 is 5.97 Å². The Balaban J connectivity index is 2.42. The highest BCUT2D eigenvalue weighted by Crippen LogP contribution is 2.08. The minimum Gasteiger partial charge on any atom is -0.481 e. The molecule has 0 saturated carbocycles. The van der Waals surface area contributed by atoms with Gasteiger partial charge >= 0.3 is 5.97 Å². The van der Waals surface area contributed by atoms with Crippen LogP contribution >= 0.6 is 0 Å². The number of piperazine rings is 1. The summed E-state index contributed by atoms with van der Waals surface area (Å²) in [6.07, 6.45) is -0.216. The highest BCUT2D eigenvalue weighted by molar-refractivity contribution is 5.87. The molecular weight excluding hydrogens is 236 g/mol. The van der Waals surface area contributed by atoms with Gasteiger partial charge in [-0.15, -0.1) is 0 Å². The normalized spacial score (nSPS) is 16.3. The van der Waals surface area contributed by atoms with Crippen molar-refractivity contribution in [3.8, 4) is 0 Å². The SMILES string of the molecule is CC(C)CN1CCN(C(=O)CCC(=O)O)CC1=O. The fraction of sp³-hybridized carbons (Fsp3) is 0.750. The zero-order valence-corrected chi connectivity index (χ0v) is 10.9. The smallest absolute Gasteiger partial charge is 0.303 e. The van der Waals surface area contributed by atoms with Gasteiger partial charge in [-0.3, -0.25) is 14.4 Å². The van der Waals surface area contributed by atoms with Crippen LogP contribution in [0.1, 0.15) is 26.7 Å². The molecule has 18 heavy (non-hydrogen) atoms. The van der Waals surface area contributed by atoms with Crippen molar-refractivity contribution in [1.29, 1.82) is 0 Å². The molecule has 0 spiro atoms. The van der Waals surface area contributed by atoms with Gasteiger partial charge in [-0.25, -0.2) is 0 Å². The van der Waals surface area contributed by atoms with Gasteiger partial charge in [0.2, 0.25) is 11.8 Å². The van der Waals surface area contributed by atoms with Crippen LogP contribution in [0.15, 0.2) is 0 Å². The molecular formula is C12H20N2O4. The molecule has 0 atom stereocenters.